The van der Waals surface area contributed by atoms with E-state index in [1.54, 1.807) is 16.0 Å². The van der Waals surface area contributed by atoms with Gasteiger partial charge in [-0.15, -0.1) is 0 Å². The van der Waals surface area contributed by atoms with Crippen LogP contribution in [0.3, 0.4) is 0 Å². The van der Waals surface area contributed by atoms with Gasteiger partial charge in [-0.2, -0.15) is 0 Å². The van der Waals surface area contributed by atoms with Crippen LogP contribution in [-0.2, 0) is 9.59 Å². The zero-order valence-electron chi connectivity index (χ0n) is 22.6. The van der Waals surface area contributed by atoms with Crippen LogP contribution in [0, 0.1) is 35.5 Å². The first kappa shape index (κ1) is 26.1. The number of rotatable bonds is 9. The molecule has 3 saturated carbocycles. The summed E-state index contributed by atoms with van der Waals surface area (Å²) in [6.45, 7) is 9.42. The third-order valence-corrected chi connectivity index (χ3v) is 10.7. The molecule has 5 aliphatic rings. The smallest absolute Gasteiger partial charge is 0.228 e. The number of Topliss-reactive ketones (excluding diaryl/α,β-unsaturated/α-hetero) is 1. The van der Waals surface area contributed by atoms with Crippen LogP contribution in [0.1, 0.15) is 97.3 Å². The van der Waals surface area contributed by atoms with Crippen molar-refractivity contribution in [2.75, 3.05) is 13.1 Å². The molecule has 0 saturated heterocycles. The van der Waals surface area contributed by atoms with Crippen LogP contribution >= 0.6 is 0 Å². The molecule has 5 heteroatoms. The van der Waals surface area contributed by atoms with Gasteiger partial charge in [0, 0.05) is 13.1 Å². The van der Waals surface area contributed by atoms with Gasteiger partial charge in [-0.25, -0.2) is 4.39 Å². The number of carbonyl (C=O) groups excluding carboxylic acids is 2. The zero-order chi connectivity index (χ0) is 25.6. The van der Waals surface area contributed by atoms with E-state index in [4.69, 9.17) is 5.73 Å². The third-order valence-electron chi connectivity index (χ3n) is 10.7. The minimum atomic E-state index is -1.06. The summed E-state index contributed by atoms with van der Waals surface area (Å²) < 4.78 is 15.6. The zero-order valence-corrected chi connectivity index (χ0v) is 22.6. The summed E-state index contributed by atoms with van der Waals surface area (Å²) in [5.41, 5.74) is 9.36. The largest absolute Gasteiger partial charge is 0.342 e. The van der Waals surface area contributed by atoms with E-state index in [-0.39, 0.29) is 11.7 Å². The molecule has 200 valence electrons. The summed E-state index contributed by atoms with van der Waals surface area (Å²) in [7, 11) is 0. The molecule has 5 rings (SSSR count). The van der Waals surface area contributed by atoms with E-state index in [2.05, 4.69) is 13.5 Å². The topological polar surface area (TPSA) is 63.4 Å². The van der Waals surface area contributed by atoms with Crippen LogP contribution in [0.4, 0.5) is 4.39 Å². The van der Waals surface area contributed by atoms with Crippen LogP contribution < -0.4 is 5.73 Å². The monoisotopic (exact) mass is 498 g/mol. The van der Waals surface area contributed by atoms with Gasteiger partial charge in [-0.05, 0) is 119 Å². The highest BCUT2D eigenvalue weighted by molar-refractivity contribution is 6.04. The van der Waals surface area contributed by atoms with Crippen molar-refractivity contribution in [3.63, 3.8) is 0 Å². The van der Waals surface area contributed by atoms with Gasteiger partial charge >= 0.3 is 0 Å². The number of carbonyl (C=O) groups is 2. The molecule has 7 atom stereocenters. The van der Waals surface area contributed by atoms with Crippen molar-refractivity contribution in [3.8, 4) is 0 Å². The van der Waals surface area contributed by atoms with Crippen molar-refractivity contribution >= 4 is 11.7 Å². The number of allylic oxidation sites excluding steroid dienone is 2. The Kier molecular flexibility index (Phi) is 7.51. The van der Waals surface area contributed by atoms with Crippen LogP contribution in [-0.4, -0.2) is 41.4 Å². The molecule has 0 aromatic heterocycles. The molecule has 4 bridgehead atoms. The van der Waals surface area contributed by atoms with Crippen LogP contribution in [0.5, 0.6) is 0 Å². The highest BCUT2D eigenvalue weighted by Gasteiger charge is 2.47. The van der Waals surface area contributed by atoms with Crippen molar-refractivity contribution in [2.45, 2.75) is 109 Å². The van der Waals surface area contributed by atoms with Gasteiger partial charge in [-0.3, -0.25) is 9.59 Å². The van der Waals surface area contributed by atoms with Crippen molar-refractivity contribution in [2.24, 2.45) is 41.2 Å². The second-order valence-electron chi connectivity index (χ2n) is 13.0. The standard InChI is InChI=1S/C31H47FN2O2/c1-4-14-34(15-11-20(3)29(35)31(33)12-13-31)30(36)25-10-8-22(18-28(25)32)21-6-7-23-17-26-19(2)5-9-24(23)27(26)16-21/h19,21-25,28H,3-18,33H2,1-2H3. The molecule has 0 radical (unpaired) electrons. The highest BCUT2D eigenvalue weighted by atomic mass is 19.1. The Morgan fingerprint density at radius 3 is 2.39 bits per heavy atom. The fourth-order valence-electron chi connectivity index (χ4n) is 8.20. The molecule has 0 aromatic carbocycles. The molecule has 3 fully saturated rings. The number of nitrogens with two attached hydrogens (primary N) is 1. The maximum Gasteiger partial charge on any atom is 0.228 e. The molecule has 0 spiro atoms. The van der Waals surface area contributed by atoms with Crippen molar-refractivity contribution in [1.29, 1.82) is 0 Å². The lowest BCUT2D eigenvalue weighted by molar-refractivity contribution is -0.140. The Morgan fingerprint density at radius 2 is 1.69 bits per heavy atom. The van der Waals surface area contributed by atoms with Crippen molar-refractivity contribution in [3.05, 3.63) is 23.3 Å². The lowest BCUT2D eigenvalue weighted by atomic mass is 9.70. The predicted molar refractivity (Wildman–Crippen MR) is 142 cm³/mol. The lowest BCUT2D eigenvalue weighted by Crippen LogP contribution is -2.44. The Bertz CT molecular complexity index is 922. The lowest BCUT2D eigenvalue weighted by Gasteiger charge is -2.38. The SMILES string of the molecule is C=C(CCN(CCC)C(=O)C1CCC(C2CCC3CC4=C(C2)C3CCC4C)CC1F)C(=O)C1(N)CC1. The molecular formula is C31H47FN2O2. The van der Waals surface area contributed by atoms with Crippen molar-refractivity contribution in [1.82, 2.24) is 4.90 Å². The Balaban J connectivity index is 1.18. The predicted octanol–water partition coefficient (Wildman–Crippen LogP) is 6.15. The second kappa shape index (κ2) is 10.3. The molecular weight excluding hydrogens is 451 g/mol. The fourth-order valence-corrected chi connectivity index (χ4v) is 8.20. The quantitative estimate of drug-likeness (QED) is 0.306. The average molecular weight is 499 g/mol. The van der Waals surface area contributed by atoms with E-state index in [9.17, 15) is 9.59 Å². The first-order valence-electron chi connectivity index (χ1n) is 14.9. The van der Waals surface area contributed by atoms with Gasteiger partial charge in [0.05, 0.1) is 11.5 Å². The van der Waals surface area contributed by atoms with E-state index in [0.29, 0.717) is 49.8 Å². The van der Waals surface area contributed by atoms with E-state index in [1.807, 2.05) is 6.92 Å². The van der Waals surface area contributed by atoms with Crippen LogP contribution in [0.25, 0.3) is 0 Å². The van der Waals surface area contributed by atoms with E-state index < -0.39 is 17.6 Å². The molecule has 5 aliphatic carbocycles. The molecule has 0 aliphatic heterocycles. The number of amides is 1. The summed E-state index contributed by atoms with van der Waals surface area (Å²) in [4.78, 5) is 27.7. The minimum Gasteiger partial charge on any atom is -0.342 e. The van der Waals surface area contributed by atoms with Crippen LogP contribution in [0.15, 0.2) is 23.3 Å². The van der Waals surface area contributed by atoms with Gasteiger partial charge in [0.1, 0.15) is 6.17 Å². The fraction of sp³-hybridized carbons (Fsp3) is 0.806. The summed E-state index contributed by atoms with van der Waals surface area (Å²) in [5.74, 6) is 2.74. The molecule has 7 unspecified atom stereocenters. The normalized spacial score (nSPS) is 36.8. The molecule has 1 amide bonds. The maximum absolute atomic E-state index is 15.6. The maximum atomic E-state index is 15.6. The van der Waals surface area contributed by atoms with Gasteiger partial charge in [0.15, 0.2) is 5.78 Å². The summed E-state index contributed by atoms with van der Waals surface area (Å²) in [6, 6.07) is 0. The Morgan fingerprint density at radius 1 is 1.00 bits per heavy atom. The number of alkyl halides is 1. The van der Waals surface area contributed by atoms with E-state index in [1.165, 1.54) is 38.5 Å². The second-order valence-corrected chi connectivity index (χ2v) is 13.0. The summed E-state index contributed by atoms with van der Waals surface area (Å²) in [5, 5.41) is 0. The number of ketones is 1. The first-order valence-corrected chi connectivity index (χ1v) is 14.9. The number of hydrogen-bond donors (Lipinski definition) is 1. The highest BCUT2D eigenvalue weighted by Crippen LogP contribution is 2.56. The van der Waals surface area contributed by atoms with Gasteiger partial charge in [-0.1, -0.05) is 31.6 Å². The van der Waals surface area contributed by atoms with Gasteiger partial charge in [0.25, 0.3) is 0 Å². The van der Waals surface area contributed by atoms with E-state index >= 15 is 4.39 Å². The first-order chi connectivity index (χ1) is 17.2. The summed E-state index contributed by atoms with van der Waals surface area (Å²) >= 11 is 0. The molecule has 2 N–H and O–H groups in total. The number of hydrogen-bond acceptors (Lipinski definition) is 3. The Hall–Kier alpha value is -1.49. The molecule has 0 aromatic rings. The molecule has 36 heavy (non-hydrogen) atoms. The van der Waals surface area contributed by atoms with Gasteiger partial charge in [0.2, 0.25) is 5.91 Å². The Labute approximate surface area is 217 Å². The van der Waals surface area contributed by atoms with Crippen molar-refractivity contribution < 1.29 is 14.0 Å². The average Bonchev–Trinajstić information content (AvgIpc) is 3.58. The summed E-state index contributed by atoms with van der Waals surface area (Å²) in [6.07, 6.45) is 11.6. The van der Waals surface area contributed by atoms with E-state index in [0.717, 1.165) is 43.4 Å². The van der Waals surface area contributed by atoms with Crippen LogP contribution in [0.2, 0.25) is 0 Å². The number of nitrogens with zero attached hydrogens (tertiary/aromatic N) is 1. The minimum absolute atomic E-state index is 0.0647. The number of halogens is 1. The molecule has 4 nitrogen and oxygen atoms in total. The van der Waals surface area contributed by atoms with Gasteiger partial charge < -0.3 is 10.6 Å². The molecule has 0 heterocycles. The third kappa shape index (κ3) is 4.98.